The Morgan fingerprint density at radius 1 is 1.09 bits per heavy atom. The molecule has 9 unspecified atom stereocenters. The summed E-state index contributed by atoms with van der Waals surface area (Å²) in [5.41, 5.74) is 2.26. The van der Waals surface area contributed by atoms with Crippen molar-refractivity contribution in [3.63, 3.8) is 0 Å². The monoisotopic (exact) mass is 446 g/mol. The van der Waals surface area contributed by atoms with Crippen LogP contribution in [0.1, 0.15) is 56.1 Å². The number of benzene rings is 1. The van der Waals surface area contributed by atoms with Crippen LogP contribution < -0.4 is 4.74 Å². The average Bonchev–Trinajstić information content (AvgIpc) is 3.08. The number of hydrogen-bond acceptors (Lipinski definition) is 7. The fourth-order valence-electron chi connectivity index (χ4n) is 6.69. The predicted molar refractivity (Wildman–Crippen MR) is 111 cm³/mol. The molecule has 3 aliphatic carbocycles. The summed E-state index contributed by atoms with van der Waals surface area (Å²) in [6.45, 7) is 2.15. The number of aliphatic hydroxyl groups is 3. The van der Waals surface area contributed by atoms with Gasteiger partial charge in [0.15, 0.2) is 6.10 Å². The topological polar surface area (TPSA) is 134 Å². The average molecular weight is 446 g/mol. The first kappa shape index (κ1) is 21.8. The molecule has 32 heavy (non-hydrogen) atoms. The van der Waals surface area contributed by atoms with Gasteiger partial charge in [0.25, 0.3) is 0 Å². The van der Waals surface area contributed by atoms with Gasteiger partial charge in [-0.15, -0.1) is 0 Å². The minimum absolute atomic E-state index is 0.164. The van der Waals surface area contributed by atoms with Gasteiger partial charge in [-0.2, -0.15) is 0 Å². The molecule has 0 aromatic heterocycles. The van der Waals surface area contributed by atoms with Crippen LogP contribution in [-0.2, 0) is 20.7 Å². The standard InChI is InChI=1S/C24H30O8/c1-24-9-8-14-13-5-3-12(10-11(13)2-4-15(14)16(24)6-7-17(24)25)31-23-20(28)18(26)19(27)21(32-23)22(29)30/h3,5,10,14-16,18-21,23,26-28H,2,4,6-9H2,1H3,(H,29,30). The van der Waals surface area contributed by atoms with Gasteiger partial charge in [-0.25, -0.2) is 4.79 Å². The third-order valence-electron chi connectivity index (χ3n) is 8.47. The van der Waals surface area contributed by atoms with Gasteiger partial charge < -0.3 is 29.9 Å². The van der Waals surface area contributed by atoms with Gasteiger partial charge >= 0.3 is 5.97 Å². The third kappa shape index (κ3) is 3.27. The Labute approximate surface area is 186 Å². The quantitative estimate of drug-likeness (QED) is 0.547. The van der Waals surface area contributed by atoms with Crippen molar-refractivity contribution in [2.75, 3.05) is 0 Å². The van der Waals surface area contributed by atoms with Crippen LogP contribution in [0.3, 0.4) is 0 Å². The van der Waals surface area contributed by atoms with Crippen molar-refractivity contribution in [2.45, 2.75) is 82.1 Å². The van der Waals surface area contributed by atoms with E-state index in [1.165, 1.54) is 5.56 Å². The number of carboxylic acids is 1. The summed E-state index contributed by atoms with van der Waals surface area (Å²) in [7, 11) is 0. The number of carbonyl (C=O) groups is 2. The fraction of sp³-hybridized carbons (Fsp3) is 0.667. The first-order valence-corrected chi connectivity index (χ1v) is 11.5. The zero-order valence-electron chi connectivity index (χ0n) is 18.0. The summed E-state index contributed by atoms with van der Waals surface area (Å²) < 4.78 is 10.9. The Morgan fingerprint density at radius 3 is 2.62 bits per heavy atom. The highest BCUT2D eigenvalue weighted by molar-refractivity contribution is 5.87. The van der Waals surface area contributed by atoms with E-state index in [1.54, 1.807) is 6.07 Å². The van der Waals surface area contributed by atoms with Crippen LogP contribution in [0.5, 0.6) is 5.75 Å². The lowest BCUT2D eigenvalue weighted by Crippen LogP contribution is -2.61. The van der Waals surface area contributed by atoms with Crippen molar-refractivity contribution < 1.29 is 39.5 Å². The van der Waals surface area contributed by atoms with Crippen molar-refractivity contribution in [1.29, 1.82) is 0 Å². The number of ketones is 1. The van der Waals surface area contributed by atoms with E-state index in [-0.39, 0.29) is 5.41 Å². The second-order valence-electron chi connectivity index (χ2n) is 10.0. The Morgan fingerprint density at radius 2 is 1.88 bits per heavy atom. The number of Topliss-reactive ketones (excluding diaryl/α,β-unsaturated/α-hetero) is 1. The van der Waals surface area contributed by atoms with Crippen LogP contribution in [0.25, 0.3) is 0 Å². The van der Waals surface area contributed by atoms with Crippen molar-refractivity contribution in [2.24, 2.45) is 17.3 Å². The molecular weight excluding hydrogens is 416 g/mol. The number of fused-ring (bicyclic) bond motifs is 5. The molecule has 9 atom stereocenters. The SMILES string of the molecule is CC12CCC3c4ccc(OC5OC(C(=O)O)C(O)C(O)C5O)cc4CCC3C1CCC2=O. The van der Waals surface area contributed by atoms with Crippen LogP contribution in [0.15, 0.2) is 18.2 Å². The lowest BCUT2D eigenvalue weighted by Gasteiger charge is -2.48. The van der Waals surface area contributed by atoms with Crippen LogP contribution in [0.2, 0.25) is 0 Å². The molecule has 3 fully saturated rings. The number of aliphatic hydroxyl groups excluding tert-OH is 3. The minimum Gasteiger partial charge on any atom is -0.479 e. The van der Waals surface area contributed by atoms with Gasteiger partial charge in [0.2, 0.25) is 6.29 Å². The molecule has 0 spiro atoms. The second kappa shape index (κ2) is 7.80. The molecule has 0 bridgehead atoms. The third-order valence-corrected chi connectivity index (χ3v) is 8.47. The second-order valence-corrected chi connectivity index (χ2v) is 10.0. The lowest BCUT2D eigenvalue weighted by atomic mass is 9.55. The van der Waals surface area contributed by atoms with Crippen molar-refractivity contribution in [3.05, 3.63) is 29.3 Å². The molecule has 1 heterocycles. The van der Waals surface area contributed by atoms with Crippen molar-refractivity contribution in [3.8, 4) is 5.75 Å². The van der Waals surface area contributed by atoms with E-state index in [9.17, 15) is 30.0 Å². The van der Waals surface area contributed by atoms with E-state index < -0.39 is 36.7 Å². The van der Waals surface area contributed by atoms with E-state index in [4.69, 9.17) is 9.47 Å². The molecule has 8 heteroatoms. The smallest absolute Gasteiger partial charge is 0.335 e. The summed E-state index contributed by atoms with van der Waals surface area (Å²) in [6, 6.07) is 5.69. The fourth-order valence-corrected chi connectivity index (χ4v) is 6.69. The summed E-state index contributed by atoms with van der Waals surface area (Å²) in [5.74, 6) is 0.773. The number of carboxylic acid groups (broad SMARTS) is 1. The molecule has 1 aromatic carbocycles. The van der Waals surface area contributed by atoms with E-state index >= 15 is 0 Å². The van der Waals surface area contributed by atoms with Gasteiger partial charge in [0.05, 0.1) is 0 Å². The molecule has 2 saturated carbocycles. The molecule has 0 radical (unpaired) electrons. The van der Waals surface area contributed by atoms with Gasteiger partial charge in [-0.1, -0.05) is 13.0 Å². The van der Waals surface area contributed by atoms with E-state index in [0.29, 0.717) is 35.7 Å². The molecule has 8 nitrogen and oxygen atoms in total. The highest BCUT2D eigenvalue weighted by Gasteiger charge is 2.54. The van der Waals surface area contributed by atoms with Gasteiger partial charge in [0.1, 0.15) is 29.8 Å². The number of carbonyl (C=O) groups excluding carboxylic acids is 1. The number of ether oxygens (including phenoxy) is 2. The first-order chi connectivity index (χ1) is 15.2. The molecule has 4 aliphatic rings. The van der Waals surface area contributed by atoms with E-state index in [0.717, 1.165) is 37.7 Å². The van der Waals surface area contributed by atoms with Crippen LogP contribution >= 0.6 is 0 Å². The predicted octanol–water partition coefficient (Wildman–Crippen LogP) is 1.38. The molecule has 174 valence electrons. The first-order valence-electron chi connectivity index (χ1n) is 11.5. The highest BCUT2D eigenvalue weighted by Crippen LogP contribution is 2.59. The summed E-state index contributed by atoms with van der Waals surface area (Å²) in [4.78, 5) is 23.8. The molecule has 5 rings (SSSR count). The van der Waals surface area contributed by atoms with Gasteiger partial charge in [-0.05, 0) is 73.1 Å². The molecular formula is C24H30O8. The Kier molecular flexibility index (Phi) is 5.32. The number of aryl methyl sites for hydroxylation is 1. The van der Waals surface area contributed by atoms with Crippen LogP contribution in [-0.4, -0.2) is 62.9 Å². The van der Waals surface area contributed by atoms with E-state index in [1.807, 2.05) is 12.1 Å². The molecule has 4 N–H and O–H groups in total. The molecule has 1 aliphatic heterocycles. The normalized spacial score (nSPS) is 43.2. The van der Waals surface area contributed by atoms with E-state index in [2.05, 4.69) is 6.92 Å². The van der Waals surface area contributed by atoms with Crippen LogP contribution in [0, 0.1) is 17.3 Å². The van der Waals surface area contributed by atoms with Crippen molar-refractivity contribution in [1.82, 2.24) is 0 Å². The number of aliphatic carboxylic acids is 1. The number of rotatable bonds is 3. The number of hydrogen-bond donors (Lipinski definition) is 4. The lowest BCUT2D eigenvalue weighted by molar-refractivity contribution is -0.271. The van der Waals surface area contributed by atoms with Crippen molar-refractivity contribution >= 4 is 11.8 Å². The van der Waals surface area contributed by atoms with Gasteiger partial charge in [-0.3, -0.25) is 4.79 Å². The molecule has 0 amide bonds. The Bertz CT molecular complexity index is 931. The minimum atomic E-state index is -1.75. The maximum Gasteiger partial charge on any atom is 0.335 e. The zero-order chi connectivity index (χ0) is 22.8. The summed E-state index contributed by atoms with van der Waals surface area (Å²) in [6.07, 6.45) is -2.65. The Balaban J connectivity index is 1.35. The van der Waals surface area contributed by atoms with Gasteiger partial charge in [0, 0.05) is 11.8 Å². The maximum absolute atomic E-state index is 12.5. The largest absolute Gasteiger partial charge is 0.479 e. The summed E-state index contributed by atoms with van der Waals surface area (Å²) >= 11 is 0. The Hall–Kier alpha value is -2.00. The van der Waals surface area contributed by atoms with Crippen LogP contribution in [0.4, 0.5) is 0 Å². The zero-order valence-corrected chi connectivity index (χ0v) is 18.0. The summed E-state index contributed by atoms with van der Waals surface area (Å²) in [5, 5.41) is 39.3. The molecule has 1 saturated heterocycles. The highest BCUT2D eigenvalue weighted by atomic mass is 16.7. The maximum atomic E-state index is 12.5. The molecule has 1 aromatic rings.